The van der Waals surface area contributed by atoms with E-state index in [2.05, 4.69) is 10.6 Å². The molecule has 0 aliphatic carbocycles. The van der Waals surface area contributed by atoms with Crippen molar-refractivity contribution in [2.24, 2.45) is 0 Å². The minimum absolute atomic E-state index is 0.0140. The van der Waals surface area contributed by atoms with E-state index in [9.17, 15) is 4.79 Å². The molecule has 1 aliphatic heterocycles. The van der Waals surface area contributed by atoms with Crippen LogP contribution in [0.4, 0.5) is 5.69 Å². The molecule has 0 fully saturated rings. The van der Waals surface area contributed by atoms with Crippen molar-refractivity contribution in [3.63, 3.8) is 0 Å². The first-order valence-electron chi connectivity index (χ1n) is 7.77. The van der Waals surface area contributed by atoms with Gasteiger partial charge in [0.2, 0.25) is 12.7 Å². The Hall–Kier alpha value is -2.40. The first kappa shape index (κ1) is 16.5. The fourth-order valence-corrected chi connectivity index (χ4v) is 2.62. The second-order valence-corrected chi connectivity index (χ2v) is 5.96. The van der Waals surface area contributed by atoms with Crippen molar-refractivity contribution in [2.75, 3.05) is 18.7 Å². The highest BCUT2D eigenvalue weighted by Gasteiger charge is 2.13. The molecular formula is C18H19ClN2O3. The van der Waals surface area contributed by atoms with E-state index in [1.807, 2.05) is 43.3 Å². The van der Waals surface area contributed by atoms with E-state index in [1.165, 1.54) is 0 Å². The lowest BCUT2D eigenvalue weighted by Gasteiger charge is -2.11. The molecule has 1 amide bonds. The monoisotopic (exact) mass is 346 g/mol. The van der Waals surface area contributed by atoms with Crippen LogP contribution in [-0.4, -0.2) is 19.2 Å². The normalized spacial score (nSPS) is 12.1. The maximum atomic E-state index is 12.0. The number of benzene rings is 2. The second-order valence-electron chi connectivity index (χ2n) is 5.55. The first-order valence-corrected chi connectivity index (χ1v) is 8.15. The van der Waals surface area contributed by atoms with E-state index in [1.54, 1.807) is 0 Å². The molecule has 126 valence electrons. The summed E-state index contributed by atoms with van der Waals surface area (Å²) in [4.78, 5) is 12.0. The van der Waals surface area contributed by atoms with Crippen LogP contribution < -0.4 is 20.1 Å². The van der Waals surface area contributed by atoms with Crippen molar-refractivity contribution in [1.29, 1.82) is 0 Å². The molecule has 0 unspecified atom stereocenters. The van der Waals surface area contributed by atoms with Crippen LogP contribution >= 0.6 is 11.6 Å². The Morgan fingerprint density at radius 2 is 2.04 bits per heavy atom. The van der Waals surface area contributed by atoms with Gasteiger partial charge in [-0.15, -0.1) is 0 Å². The molecule has 5 nitrogen and oxygen atoms in total. The van der Waals surface area contributed by atoms with Gasteiger partial charge in [-0.25, -0.2) is 0 Å². The largest absolute Gasteiger partial charge is 0.454 e. The number of amides is 1. The summed E-state index contributed by atoms with van der Waals surface area (Å²) in [5, 5.41) is 6.85. The van der Waals surface area contributed by atoms with Crippen molar-refractivity contribution in [2.45, 2.75) is 19.9 Å². The molecule has 24 heavy (non-hydrogen) atoms. The van der Waals surface area contributed by atoms with Gasteiger partial charge in [-0.05, 0) is 42.3 Å². The van der Waals surface area contributed by atoms with Crippen LogP contribution in [0, 0.1) is 6.92 Å². The number of halogens is 1. The SMILES string of the molecule is Cc1c(Cl)cccc1NCCC(=O)NCc1ccc2c(c1)OCO2. The number of carbonyl (C=O) groups is 1. The molecule has 3 rings (SSSR count). The number of ether oxygens (including phenoxy) is 2. The predicted molar refractivity (Wildman–Crippen MR) is 93.7 cm³/mol. The molecule has 2 N–H and O–H groups in total. The van der Waals surface area contributed by atoms with E-state index in [-0.39, 0.29) is 12.7 Å². The fraction of sp³-hybridized carbons (Fsp3) is 0.278. The summed E-state index contributed by atoms with van der Waals surface area (Å²) in [5.41, 5.74) is 2.91. The van der Waals surface area contributed by atoms with Gasteiger partial charge in [0.05, 0.1) is 0 Å². The number of rotatable bonds is 6. The Morgan fingerprint density at radius 1 is 1.21 bits per heavy atom. The van der Waals surface area contributed by atoms with Gasteiger partial charge in [-0.2, -0.15) is 0 Å². The average Bonchev–Trinajstić information content (AvgIpc) is 3.04. The summed E-state index contributed by atoms with van der Waals surface area (Å²) in [5.74, 6) is 1.45. The smallest absolute Gasteiger partial charge is 0.231 e. The minimum Gasteiger partial charge on any atom is -0.454 e. The highest BCUT2D eigenvalue weighted by molar-refractivity contribution is 6.31. The van der Waals surface area contributed by atoms with Gasteiger partial charge < -0.3 is 20.1 Å². The zero-order valence-corrected chi connectivity index (χ0v) is 14.2. The number of nitrogens with one attached hydrogen (secondary N) is 2. The van der Waals surface area contributed by atoms with Crippen molar-refractivity contribution in [1.82, 2.24) is 5.32 Å². The predicted octanol–water partition coefficient (Wildman–Crippen LogP) is 3.50. The van der Waals surface area contributed by atoms with Crippen molar-refractivity contribution >= 4 is 23.2 Å². The Balaban J connectivity index is 1.44. The molecule has 0 aromatic heterocycles. The first-order chi connectivity index (χ1) is 11.6. The van der Waals surface area contributed by atoms with Crippen molar-refractivity contribution in [3.05, 3.63) is 52.5 Å². The highest BCUT2D eigenvalue weighted by Crippen LogP contribution is 2.32. The van der Waals surface area contributed by atoms with E-state index >= 15 is 0 Å². The zero-order chi connectivity index (χ0) is 16.9. The van der Waals surface area contributed by atoms with Gasteiger partial charge >= 0.3 is 0 Å². The van der Waals surface area contributed by atoms with Gasteiger partial charge in [0, 0.05) is 30.2 Å². The summed E-state index contributed by atoms with van der Waals surface area (Å²) in [6.45, 7) is 3.21. The third-order valence-corrected chi connectivity index (χ3v) is 4.27. The topological polar surface area (TPSA) is 59.6 Å². The van der Waals surface area contributed by atoms with Crippen LogP contribution in [0.25, 0.3) is 0 Å². The molecule has 0 saturated heterocycles. The summed E-state index contributed by atoms with van der Waals surface area (Å²) >= 11 is 6.07. The summed E-state index contributed by atoms with van der Waals surface area (Å²) in [6.07, 6.45) is 0.385. The number of carbonyl (C=O) groups excluding carboxylic acids is 1. The van der Waals surface area contributed by atoms with E-state index in [0.29, 0.717) is 24.5 Å². The van der Waals surface area contributed by atoms with Crippen LogP contribution in [0.5, 0.6) is 11.5 Å². The van der Waals surface area contributed by atoms with Crippen LogP contribution in [0.2, 0.25) is 5.02 Å². The van der Waals surface area contributed by atoms with Crippen molar-refractivity contribution in [3.8, 4) is 11.5 Å². The highest BCUT2D eigenvalue weighted by atomic mass is 35.5. The lowest BCUT2D eigenvalue weighted by atomic mass is 10.2. The maximum absolute atomic E-state index is 12.0. The molecule has 1 heterocycles. The number of anilines is 1. The molecule has 0 saturated carbocycles. The minimum atomic E-state index is -0.0140. The molecule has 0 bridgehead atoms. The number of fused-ring (bicyclic) bond motifs is 1. The number of hydrogen-bond donors (Lipinski definition) is 2. The van der Waals surface area contributed by atoms with Gasteiger partial charge in [0.25, 0.3) is 0 Å². The fourth-order valence-electron chi connectivity index (χ4n) is 2.45. The van der Waals surface area contributed by atoms with Crippen LogP contribution in [-0.2, 0) is 11.3 Å². The Bertz CT molecular complexity index is 749. The molecular weight excluding hydrogens is 328 g/mol. The Kier molecular flexibility index (Phi) is 5.11. The third kappa shape index (κ3) is 3.92. The molecule has 6 heteroatoms. The number of hydrogen-bond acceptors (Lipinski definition) is 4. The van der Waals surface area contributed by atoms with Gasteiger partial charge in [-0.3, -0.25) is 4.79 Å². The quantitative estimate of drug-likeness (QED) is 0.840. The lowest BCUT2D eigenvalue weighted by Crippen LogP contribution is -2.24. The molecule has 0 atom stereocenters. The standard InChI is InChI=1S/C18H19ClN2O3/c1-12-14(19)3-2-4-15(12)20-8-7-18(22)21-10-13-5-6-16-17(9-13)24-11-23-16/h2-6,9,20H,7-8,10-11H2,1H3,(H,21,22). The van der Waals surface area contributed by atoms with E-state index in [4.69, 9.17) is 21.1 Å². The second kappa shape index (κ2) is 7.45. The van der Waals surface area contributed by atoms with Gasteiger partial charge in [0.1, 0.15) is 0 Å². The Labute approximate surface area is 145 Å². The molecule has 2 aromatic carbocycles. The van der Waals surface area contributed by atoms with Crippen molar-refractivity contribution < 1.29 is 14.3 Å². The lowest BCUT2D eigenvalue weighted by molar-refractivity contribution is -0.121. The summed E-state index contributed by atoms with van der Waals surface area (Å²) < 4.78 is 10.6. The zero-order valence-electron chi connectivity index (χ0n) is 13.4. The molecule has 2 aromatic rings. The van der Waals surface area contributed by atoms with Crippen LogP contribution in [0.3, 0.4) is 0 Å². The molecule has 1 aliphatic rings. The van der Waals surface area contributed by atoms with Crippen LogP contribution in [0.1, 0.15) is 17.5 Å². The average molecular weight is 347 g/mol. The summed E-state index contributed by atoms with van der Waals surface area (Å²) in [6, 6.07) is 11.3. The summed E-state index contributed by atoms with van der Waals surface area (Å²) in [7, 11) is 0. The Morgan fingerprint density at radius 3 is 2.92 bits per heavy atom. The molecule has 0 spiro atoms. The van der Waals surface area contributed by atoms with E-state index < -0.39 is 0 Å². The van der Waals surface area contributed by atoms with Gasteiger partial charge in [-0.1, -0.05) is 23.7 Å². The van der Waals surface area contributed by atoms with E-state index in [0.717, 1.165) is 28.3 Å². The van der Waals surface area contributed by atoms with Gasteiger partial charge in [0.15, 0.2) is 11.5 Å². The maximum Gasteiger partial charge on any atom is 0.231 e. The van der Waals surface area contributed by atoms with Crippen LogP contribution in [0.15, 0.2) is 36.4 Å². The molecule has 0 radical (unpaired) electrons. The third-order valence-electron chi connectivity index (χ3n) is 3.86.